The monoisotopic (exact) mass is 438 g/mol. The Morgan fingerprint density at radius 1 is 0.645 bits per heavy atom. The summed E-state index contributed by atoms with van der Waals surface area (Å²) >= 11 is 0. The average molecular weight is 439 g/mol. The first-order chi connectivity index (χ1) is 14.5. The van der Waals surface area contributed by atoms with E-state index in [4.69, 9.17) is 0 Å². The van der Waals surface area contributed by atoms with Crippen LogP contribution in [0.2, 0.25) is 0 Å². The van der Waals surface area contributed by atoms with Crippen molar-refractivity contribution in [3.8, 4) is 0 Å². The van der Waals surface area contributed by atoms with Gasteiger partial charge in [0.15, 0.2) is 0 Å². The van der Waals surface area contributed by atoms with Crippen molar-refractivity contribution < 1.29 is 28.8 Å². The van der Waals surface area contributed by atoms with Gasteiger partial charge in [-0.05, 0) is 38.0 Å². The van der Waals surface area contributed by atoms with Gasteiger partial charge in [0.2, 0.25) is 23.6 Å². The van der Waals surface area contributed by atoms with Crippen LogP contribution in [-0.2, 0) is 19.2 Å². The summed E-state index contributed by atoms with van der Waals surface area (Å²) in [6.07, 6.45) is 4.28. The summed E-state index contributed by atoms with van der Waals surface area (Å²) in [5.41, 5.74) is -2.12. The van der Waals surface area contributed by atoms with Gasteiger partial charge >= 0.3 is 12.1 Å². The Labute approximate surface area is 182 Å². The van der Waals surface area contributed by atoms with Crippen molar-refractivity contribution in [1.29, 1.82) is 0 Å². The predicted molar refractivity (Wildman–Crippen MR) is 112 cm³/mol. The highest BCUT2D eigenvalue weighted by Gasteiger charge is 2.49. The lowest BCUT2D eigenvalue weighted by Gasteiger charge is -2.33. The van der Waals surface area contributed by atoms with Crippen molar-refractivity contribution in [2.45, 2.75) is 79.6 Å². The van der Waals surface area contributed by atoms with E-state index in [-0.39, 0.29) is 0 Å². The standard InChI is InChI=1S/C11H18N2O3.C10H16N2O3/c1-4-11(6-5-7(2)3)8(14)12-10(16)13-9(11)15;1-3-5-6-10(4-2)7(13)11-9(15)12-8(10)14/h7H,4-6H2,1-3H3,(H2,12,13,14,15,16);3-6H2,1-2H3,(H2,11,12,13,14,15). The van der Waals surface area contributed by atoms with Crippen molar-refractivity contribution in [2.24, 2.45) is 16.7 Å². The van der Waals surface area contributed by atoms with E-state index in [0.29, 0.717) is 31.6 Å². The number of carbonyl (C=O) groups excluding carboxylic acids is 6. The highest BCUT2D eigenvalue weighted by molar-refractivity contribution is 6.19. The molecule has 0 aromatic heterocycles. The van der Waals surface area contributed by atoms with Gasteiger partial charge in [0.05, 0.1) is 0 Å². The predicted octanol–water partition coefficient (Wildman–Crippen LogP) is 2.12. The van der Waals surface area contributed by atoms with E-state index in [0.717, 1.165) is 19.3 Å². The SMILES string of the molecule is CCC1(CCC(C)C)C(=O)NC(=O)NC1=O.CCCCC1(CC)C(=O)NC(=O)NC1=O. The number of hydrogen-bond donors (Lipinski definition) is 4. The smallest absolute Gasteiger partial charge is 0.277 e. The largest absolute Gasteiger partial charge is 0.328 e. The molecule has 4 N–H and O–H groups in total. The van der Waals surface area contributed by atoms with E-state index >= 15 is 0 Å². The van der Waals surface area contributed by atoms with E-state index in [1.54, 1.807) is 13.8 Å². The molecule has 0 spiro atoms. The summed E-state index contributed by atoms with van der Waals surface area (Å²) in [5, 5.41) is 8.63. The van der Waals surface area contributed by atoms with Crippen molar-refractivity contribution in [3.63, 3.8) is 0 Å². The molecule has 174 valence electrons. The number of amides is 8. The molecule has 0 saturated carbocycles. The Bertz CT molecular complexity index is 706. The highest BCUT2D eigenvalue weighted by Crippen LogP contribution is 2.32. The van der Waals surface area contributed by atoms with E-state index < -0.39 is 46.5 Å². The zero-order valence-corrected chi connectivity index (χ0v) is 19.0. The molecule has 0 atom stereocenters. The summed E-state index contributed by atoms with van der Waals surface area (Å²) in [6, 6.07) is -1.44. The van der Waals surface area contributed by atoms with Crippen LogP contribution in [0.25, 0.3) is 0 Å². The number of urea groups is 2. The first kappa shape index (κ1) is 26.3. The number of nitrogens with one attached hydrogen (secondary N) is 4. The van der Waals surface area contributed by atoms with Crippen LogP contribution in [0.3, 0.4) is 0 Å². The van der Waals surface area contributed by atoms with Crippen LogP contribution in [0, 0.1) is 16.7 Å². The summed E-state index contributed by atoms with van der Waals surface area (Å²) in [4.78, 5) is 68.8. The van der Waals surface area contributed by atoms with Crippen LogP contribution >= 0.6 is 0 Å². The van der Waals surface area contributed by atoms with Crippen molar-refractivity contribution >= 4 is 35.7 Å². The molecule has 8 amide bonds. The van der Waals surface area contributed by atoms with Gasteiger partial charge in [-0.2, -0.15) is 0 Å². The molecule has 0 aromatic carbocycles. The van der Waals surface area contributed by atoms with Crippen molar-refractivity contribution in [2.75, 3.05) is 0 Å². The van der Waals surface area contributed by atoms with Crippen molar-refractivity contribution in [1.82, 2.24) is 21.3 Å². The molecule has 0 aromatic rings. The first-order valence-electron chi connectivity index (χ1n) is 10.8. The number of imide groups is 4. The number of rotatable bonds is 8. The van der Waals surface area contributed by atoms with Crippen LogP contribution in [0.1, 0.15) is 79.6 Å². The number of barbiturate groups is 2. The molecule has 0 bridgehead atoms. The highest BCUT2D eigenvalue weighted by atomic mass is 16.2. The maximum atomic E-state index is 11.8. The minimum Gasteiger partial charge on any atom is -0.277 e. The number of carbonyl (C=O) groups is 6. The van der Waals surface area contributed by atoms with Gasteiger partial charge in [-0.3, -0.25) is 40.4 Å². The molecule has 10 heteroatoms. The summed E-state index contributed by atoms with van der Waals surface area (Å²) in [7, 11) is 0. The van der Waals surface area contributed by atoms with E-state index in [1.165, 1.54) is 0 Å². The minimum absolute atomic E-state index is 0.407. The molecule has 2 heterocycles. The van der Waals surface area contributed by atoms with Gasteiger partial charge in [-0.25, -0.2) is 9.59 Å². The van der Waals surface area contributed by atoms with Crippen molar-refractivity contribution in [3.05, 3.63) is 0 Å². The fourth-order valence-electron chi connectivity index (χ4n) is 3.62. The van der Waals surface area contributed by atoms with E-state index in [2.05, 4.69) is 21.3 Å². The third kappa shape index (κ3) is 5.89. The van der Waals surface area contributed by atoms with Crippen LogP contribution < -0.4 is 21.3 Å². The topological polar surface area (TPSA) is 151 Å². The first-order valence-corrected chi connectivity index (χ1v) is 10.8. The van der Waals surface area contributed by atoms with Gasteiger partial charge in [0, 0.05) is 0 Å². The minimum atomic E-state index is -1.07. The van der Waals surface area contributed by atoms with Gasteiger partial charge in [0.25, 0.3) is 0 Å². The Morgan fingerprint density at radius 2 is 1.00 bits per heavy atom. The molecule has 2 aliphatic heterocycles. The molecule has 31 heavy (non-hydrogen) atoms. The van der Waals surface area contributed by atoms with Crippen LogP contribution in [0.15, 0.2) is 0 Å². The Morgan fingerprint density at radius 3 is 1.29 bits per heavy atom. The molecule has 2 fully saturated rings. The van der Waals surface area contributed by atoms with E-state index in [1.807, 2.05) is 20.8 Å². The molecular formula is C21H34N4O6. The molecular weight excluding hydrogens is 404 g/mol. The number of hydrogen-bond acceptors (Lipinski definition) is 6. The lowest BCUT2D eigenvalue weighted by atomic mass is 9.76. The second-order valence-corrected chi connectivity index (χ2v) is 8.38. The molecule has 2 saturated heterocycles. The Kier molecular flexibility index (Phi) is 9.33. The molecule has 0 aliphatic carbocycles. The van der Waals surface area contributed by atoms with Crippen LogP contribution in [0.4, 0.5) is 9.59 Å². The molecule has 2 aliphatic rings. The molecule has 0 unspecified atom stereocenters. The summed E-state index contributed by atoms with van der Waals surface area (Å²) < 4.78 is 0. The fraction of sp³-hybridized carbons (Fsp3) is 0.714. The molecule has 10 nitrogen and oxygen atoms in total. The molecule has 2 rings (SSSR count). The Hall–Kier alpha value is -2.78. The van der Waals surface area contributed by atoms with Gasteiger partial charge in [-0.15, -0.1) is 0 Å². The second kappa shape index (κ2) is 11.0. The van der Waals surface area contributed by atoms with Crippen LogP contribution in [-0.4, -0.2) is 35.7 Å². The van der Waals surface area contributed by atoms with Gasteiger partial charge in [-0.1, -0.05) is 47.5 Å². The summed E-state index contributed by atoms with van der Waals surface area (Å²) in [6.45, 7) is 9.63. The number of unbranched alkanes of at least 4 members (excludes halogenated alkanes) is 1. The van der Waals surface area contributed by atoms with E-state index in [9.17, 15) is 28.8 Å². The quantitative estimate of drug-likeness (QED) is 0.426. The zero-order valence-electron chi connectivity index (χ0n) is 19.0. The van der Waals surface area contributed by atoms with Gasteiger partial charge < -0.3 is 0 Å². The normalized spacial score (nSPS) is 19.7. The van der Waals surface area contributed by atoms with Gasteiger partial charge in [0.1, 0.15) is 10.8 Å². The summed E-state index contributed by atoms with van der Waals surface area (Å²) in [5.74, 6) is -1.45. The third-order valence-corrected chi connectivity index (χ3v) is 5.96. The Balaban J connectivity index is 0.000000311. The average Bonchev–Trinajstić information content (AvgIpc) is 2.68. The maximum absolute atomic E-state index is 11.8. The fourth-order valence-corrected chi connectivity index (χ4v) is 3.62. The zero-order chi connectivity index (χ0) is 23.8. The lowest BCUT2D eigenvalue weighted by molar-refractivity contribution is -0.147. The molecule has 0 radical (unpaired) electrons. The lowest BCUT2D eigenvalue weighted by Crippen LogP contribution is -2.62. The second-order valence-electron chi connectivity index (χ2n) is 8.38. The van der Waals surface area contributed by atoms with Crippen LogP contribution in [0.5, 0.6) is 0 Å². The third-order valence-electron chi connectivity index (χ3n) is 5.96. The maximum Gasteiger partial charge on any atom is 0.328 e.